The van der Waals surface area contributed by atoms with Crippen LogP contribution in [0.25, 0.3) is 0 Å². The van der Waals surface area contributed by atoms with Crippen molar-refractivity contribution in [3.63, 3.8) is 0 Å². The van der Waals surface area contributed by atoms with Gasteiger partial charge in [-0.1, -0.05) is 72.8 Å². The summed E-state index contributed by atoms with van der Waals surface area (Å²) in [6.45, 7) is 0.457. The molecule has 2 amide bonds. The number of rotatable bonds is 9. The van der Waals surface area contributed by atoms with Crippen molar-refractivity contribution >= 4 is 12.0 Å². The zero-order chi connectivity index (χ0) is 21.9. The maximum atomic E-state index is 12.9. The van der Waals surface area contributed by atoms with Gasteiger partial charge < -0.3 is 20.1 Å². The first-order valence-electron chi connectivity index (χ1n) is 10.1. The Kier molecular flexibility index (Phi) is 8.05. The molecule has 2 N–H and O–H groups in total. The molecule has 0 fully saturated rings. The third kappa shape index (κ3) is 7.19. The first-order valence-corrected chi connectivity index (χ1v) is 10.1. The van der Waals surface area contributed by atoms with Crippen molar-refractivity contribution in [3.05, 3.63) is 102 Å². The predicted octanol–water partition coefficient (Wildman–Crippen LogP) is 3.85. The van der Waals surface area contributed by atoms with Gasteiger partial charge in [0.15, 0.2) is 0 Å². The molecule has 0 unspecified atom stereocenters. The van der Waals surface area contributed by atoms with Gasteiger partial charge in [-0.2, -0.15) is 0 Å². The minimum atomic E-state index is -0.767. The summed E-state index contributed by atoms with van der Waals surface area (Å²) in [7, 11) is 1.60. The van der Waals surface area contributed by atoms with Crippen molar-refractivity contribution in [2.75, 3.05) is 7.11 Å². The quantitative estimate of drug-likeness (QED) is 0.553. The molecule has 6 heteroatoms. The molecule has 6 nitrogen and oxygen atoms in total. The van der Waals surface area contributed by atoms with Gasteiger partial charge in [0, 0.05) is 13.0 Å². The maximum absolute atomic E-state index is 12.9. The van der Waals surface area contributed by atoms with E-state index in [9.17, 15) is 9.59 Å². The van der Waals surface area contributed by atoms with Crippen molar-refractivity contribution in [1.29, 1.82) is 0 Å². The van der Waals surface area contributed by atoms with E-state index >= 15 is 0 Å². The molecule has 3 aromatic carbocycles. The highest BCUT2D eigenvalue weighted by Crippen LogP contribution is 2.12. The number of benzene rings is 3. The molecular weight excluding hydrogens is 392 g/mol. The largest absolute Gasteiger partial charge is 0.497 e. The fourth-order valence-corrected chi connectivity index (χ4v) is 3.06. The first kappa shape index (κ1) is 21.9. The molecule has 0 aliphatic rings. The zero-order valence-corrected chi connectivity index (χ0v) is 17.4. The van der Waals surface area contributed by atoms with E-state index in [0.717, 1.165) is 22.4 Å². The third-order valence-corrected chi connectivity index (χ3v) is 4.70. The molecule has 0 spiro atoms. The van der Waals surface area contributed by atoms with Crippen LogP contribution in [0.5, 0.6) is 5.75 Å². The molecule has 160 valence electrons. The Bertz CT molecular complexity index is 977. The van der Waals surface area contributed by atoms with Gasteiger partial charge in [0.25, 0.3) is 0 Å². The van der Waals surface area contributed by atoms with E-state index in [0.29, 0.717) is 13.0 Å². The van der Waals surface area contributed by atoms with Gasteiger partial charge in [-0.25, -0.2) is 4.79 Å². The monoisotopic (exact) mass is 418 g/mol. The summed E-state index contributed by atoms with van der Waals surface area (Å²) in [5.41, 5.74) is 2.71. The molecule has 3 aromatic rings. The standard InChI is InChI=1S/C25H26N2O4/c1-30-22-14-8-13-21(15-22)17-26-24(28)23(16-19-9-4-2-5-10-19)27-25(29)31-18-20-11-6-3-7-12-20/h2-15,23H,16-18H2,1H3,(H,26,28)(H,27,29)/t23-/m0/s1. The van der Waals surface area contributed by atoms with E-state index in [4.69, 9.17) is 9.47 Å². The number of hydrogen-bond acceptors (Lipinski definition) is 4. The number of amides is 2. The molecule has 0 saturated heterocycles. The van der Waals surface area contributed by atoms with Crippen molar-refractivity contribution in [1.82, 2.24) is 10.6 Å². The van der Waals surface area contributed by atoms with Gasteiger partial charge in [0.2, 0.25) is 5.91 Å². The van der Waals surface area contributed by atoms with E-state index in [1.165, 1.54) is 0 Å². The minimum Gasteiger partial charge on any atom is -0.497 e. The van der Waals surface area contributed by atoms with E-state index < -0.39 is 12.1 Å². The number of carbonyl (C=O) groups excluding carboxylic acids is 2. The Labute approximate surface area is 182 Å². The molecule has 0 heterocycles. The molecular formula is C25H26N2O4. The van der Waals surface area contributed by atoms with Crippen LogP contribution in [-0.4, -0.2) is 25.2 Å². The molecule has 0 aliphatic heterocycles. The molecule has 0 bridgehead atoms. The first-order chi connectivity index (χ1) is 15.1. The lowest BCUT2D eigenvalue weighted by atomic mass is 10.1. The Balaban J connectivity index is 1.61. The average Bonchev–Trinajstić information content (AvgIpc) is 2.82. The predicted molar refractivity (Wildman–Crippen MR) is 119 cm³/mol. The minimum absolute atomic E-state index is 0.135. The van der Waals surface area contributed by atoms with Gasteiger partial charge in [-0.15, -0.1) is 0 Å². The third-order valence-electron chi connectivity index (χ3n) is 4.70. The summed E-state index contributed by atoms with van der Waals surface area (Å²) in [5, 5.41) is 5.58. The zero-order valence-electron chi connectivity index (χ0n) is 17.4. The summed E-state index contributed by atoms with van der Waals surface area (Å²) in [6.07, 6.45) is -0.285. The van der Waals surface area contributed by atoms with Crippen molar-refractivity contribution in [3.8, 4) is 5.75 Å². The second-order valence-electron chi connectivity index (χ2n) is 7.02. The van der Waals surface area contributed by atoms with E-state index in [1.807, 2.05) is 84.9 Å². The lowest BCUT2D eigenvalue weighted by molar-refractivity contribution is -0.123. The number of alkyl carbamates (subject to hydrolysis) is 1. The van der Waals surface area contributed by atoms with Gasteiger partial charge >= 0.3 is 6.09 Å². The van der Waals surface area contributed by atoms with Crippen LogP contribution in [0.3, 0.4) is 0 Å². The Morgan fingerprint density at radius 1 is 0.839 bits per heavy atom. The molecule has 1 atom stereocenters. The van der Waals surface area contributed by atoms with Gasteiger partial charge in [0.1, 0.15) is 18.4 Å². The van der Waals surface area contributed by atoms with Crippen molar-refractivity contribution < 1.29 is 19.1 Å². The summed E-state index contributed by atoms with van der Waals surface area (Å²) in [6, 6.07) is 25.6. The lowest BCUT2D eigenvalue weighted by Crippen LogP contribution is -2.48. The smallest absolute Gasteiger partial charge is 0.408 e. The van der Waals surface area contributed by atoms with E-state index in [-0.39, 0.29) is 12.5 Å². The summed E-state index contributed by atoms with van der Waals surface area (Å²) >= 11 is 0. The fourth-order valence-electron chi connectivity index (χ4n) is 3.06. The summed E-state index contributed by atoms with van der Waals surface area (Å²) < 4.78 is 10.5. The summed E-state index contributed by atoms with van der Waals surface area (Å²) in [5.74, 6) is 0.429. The molecule has 0 radical (unpaired) electrons. The van der Waals surface area contributed by atoms with Crippen LogP contribution in [0.1, 0.15) is 16.7 Å². The molecule has 0 aromatic heterocycles. The second-order valence-corrected chi connectivity index (χ2v) is 7.02. The highest BCUT2D eigenvalue weighted by Gasteiger charge is 2.22. The van der Waals surface area contributed by atoms with E-state index in [1.54, 1.807) is 7.11 Å². The second kappa shape index (κ2) is 11.4. The normalized spacial score (nSPS) is 11.3. The van der Waals surface area contributed by atoms with Crippen LogP contribution in [0.2, 0.25) is 0 Å². The fraction of sp³-hybridized carbons (Fsp3) is 0.200. The molecule has 3 rings (SSSR count). The van der Waals surface area contributed by atoms with Crippen LogP contribution < -0.4 is 15.4 Å². The Hall–Kier alpha value is -3.80. The number of hydrogen-bond donors (Lipinski definition) is 2. The lowest BCUT2D eigenvalue weighted by Gasteiger charge is -2.19. The SMILES string of the molecule is COc1cccc(CNC(=O)[C@H](Cc2ccccc2)NC(=O)OCc2ccccc2)c1. The Morgan fingerprint density at radius 2 is 1.48 bits per heavy atom. The van der Waals surface area contributed by atoms with Gasteiger partial charge in [0.05, 0.1) is 7.11 Å². The van der Waals surface area contributed by atoms with E-state index in [2.05, 4.69) is 10.6 Å². The molecule has 31 heavy (non-hydrogen) atoms. The number of ether oxygens (including phenoxy) is 2. The maximum Gasteiger partial charge on any atom is 0.408 e. The highest BCUT2D eigenvalue weighted by atomic mass is 16.5. The average molecular weight is 418 g/mol. The van der Waals surface area contributed by atoms with Crippen molar-refractivity contribution in [2.24, 2.45) is 0 Å². The van der Waals surface area contributed by atoms with Crippen LogP contribution >= 0.6 is 0 Å². The number of carbonyl (C=O) groups is 2. The van der Waals surface area contributed by atoms with Gasteiger partial charge in [-0.05, 0) is 28.8 Å². The Morgan fingerprint density at radius 3 is 2.16 bits per heavy atom. The van der Waals surface area contributed by atoms with Crippen LogP contribution in [0.4, 0.5) is 4.79 Å². The van der Waals surface area contributed by atoms with Crippen molar-refractivity contribution in [2.45, 2.75) is 25.6 Å². The molecule has 0 aliphatic carbocycles. The van der Waals surface area contributed by atoms with Gasteiger partial charge in [-0.3, -0.25) is 4.79 Å². The van der Waals surface area contributed by atoms with Crippen LogP contribution in [0.15, 0.2) is 84.9 Å². The topological polar surface area (TPSA) is 76.7 Å². The highest BCUT2D eigenvalue weighted by molar-refractivity contribution is 5.85. The van der Waals surface area contributed by atoms with Crippen LogP contribution in [0, 0.1) is 0 Å². The number of nitrogens with one attached hydrogen (secondary N) is 2. The number of methoxy groups -OCH3 is 1. The van der Waals surface area contributed by atoms with Crippen LogP contribution in [-0.2, 0) is 29.1 Å². The molecule has 0 saturated carbocycles. The summed E-state index contributed by atoms with van der Waals surface area (Å²) in [4.78, 5) is 25.2.